The molecule has 0 saturated heterocycles. The summed E-state index contributed by atoms with van der Waals surface area (Å²) in [4.78, 5) is 56.3. The van der Waals surface area contributed by atoms with Crippen molar-refractivity contribution >= 4 is 35.5 Å². The number of carboxylic acids is 2. The first-order valence-corrected chi connectivity index (χ1v) is 15.0. The van der Waals surface area contributed by atoms with Crippen LogP contribution in [0.25, 0.3) is 6.08 Å². The van der Waals surface area contributed by atoms with E-state index >= 15 is 0 Å². The van der Waals surface area contributed by atoms with Crippen molar-refractivity contribution in [2.24, 2.45) is 4.99 Å². The molecule has 1 aromatic heterocycles. The Hall–Kier alpha value is -4.21. The summed E-state index contributed by atoms with van der Waals surface area (Å²) in [6.45, 7) is 11.7. The smallest absolute Gasteiger partial charge is 0.303 e. The lowest BCUT2D eigenvalue weighted by molar-refractivity contribution is -0.138. The van der Waals surface area contributed by atoms with Crippen LogP contribution in [0.15, 0.2) is 44.1 Å². The zero-order valence-electron chi connectivity index (χ0n) is 25.9. The van der Waals surface area contributed by atoms with Gasteiger partial charge in [0.05, 0.1) is 17.8 Å². The number of nitrogens with one attached hydrogen (secondary N) is 3. The van der Waals surface area contributed by atoms with E-state index in [1.807, 2.05) is 47.6 Å². The summed E-state index contributed by atoms with van der Waals surface area (Å²) in [6.07, 6.45) is 4.84. The number of carbonyl (C=O) groups is 4. The van der Waals surface area contributed by atoms with Gasteiger partial charge >= 0.3 is 11.9 Å². The fraction of sp³-hybridized carbons (Fsp3) is 0.485. The van der Waals surface area contributed by atoms with E-state index < -0.39 is 11.9 Å². The molecule has 0 radical (unpaired) electrons. The highest BCUT2D eigenvalue weighted by Crippen LogP contribution is 2.35. The molecule has 0 unspecified atom stereocenters. The van der Waals surface area contributed by atoms with Crippen molar-refractivity contribution in [3.05, 3.63) is 61.7 Å². The number of hydrogen-bond donors (Lipinski definition) is 5. The number of carbonyl (C=O) groups excluding carboxylic acids is 2. The number of rotatable bonds is 13. The standard InChI is InChI=1S/C33H42N4O6/c1-7-20-19(6)32(42)37-27(20)14-25-18(5)23(10-12-31(40)41)29(35-25)15-28-22(9-11-30(38)39)17(4)24(34-28)13-26-16(3)21(8-2)33(43)36-26/h15,26-27,35H,7-14H2,1-6H3,(H,36,43)(H,37,42)(H,38,39)(H,40,41)/t26-,27+/m0/s1. The van der Waals surface area contributed by atoms with Gasteiger partial charge in [-0.05, 0) is 92.9 Å². The van der Waals surface area contributed by atoms with Crippen LogP contribution in [0.4, 0.5) is 0 Å². The molecule has 3 aliphatic heterocycles. The first-order valence-electron chi connectivity index (χ1n) is 15.0. The molecule has 0 aromatic carbocycles. The maximum Gasteiger partial charge on any atom is 0.303 e. The number of aromatic nitrogens is 1. The lowest BCUT2D eigenvalue weighted by Gasteiger charge is -2.14. The average Bonchev–Trinajstić information content (AvgIpc) is 3.59. The molecule has 5 N–H and O–H groups in total. The molecule has 0 saturated carbocycles. The largest absolute Gasteiger partial charge is 0.481 e. The highest BCUT2D eigenvalue weighted by Gasteiger charge is 2.32. The molecule has 1 aromatic rings. The van der Waals surface area contributed by atoms with Gasteiger partial charge in [0.2, 0.25) is 11.8 Å². The van der Waals surface area contributed by atoms with Gasteiger partial charge in [-0.15, -0.1) is 0 Å². The zero-order valence-corrected chi connectivity index (χ0v) is 25.9. The SMILES string of the molecule is CCC1=C(C)[C@H](CC2=NC(=Cc3[nH]c(C[C@H]4NC(=O)C(C)=C4CC)c(C)c3CCC(=O)O)C(CCC(=O)O)=C2C)NC1=O. The van der Waals surface area contributed by atoms with E-state index in [1.54, 1.807) is 0 Å². The maximum absolute atomic E-state index is 12.4. The molecule has 2 atom stereocenters. The predicted molar refractivity (Wildman–Crippen MR) is 165 cm³/mol. The number of aliphatic imine (C=N–C) groups is 1. The Morgan fingerprint density at radius 1 is 0.837 bits per heavy atom. The van der Waals surface area contributed by atoms with Crippen molar-refractivity contribution in [3.8, 4) is 0 Å². The van der Waals surface area contributed by atoms with E-state index in [0.29, 0.717) is 37.8 Å². The second-order valence-electron chi connectivity index (χ2n) is 11.6. The number of H-pyrrole nitrogens is 1. The Bertz CT molecular complexity index is 1530. The zero-order chi connectivity index (χ0) is 31.6. The summed E-state index contributed by atoms with van der Waals surface area (Å²) < 4.78 is 0. The van der Waals surface area contributed by atoms with Crippen LogP contribution in [-0.4, -0.2) is 56.7 Å². The second-order valence-corrected chi connectivity index (χ2v) is 11.6. The third-order valence-electron chi connectivity index (χ3n) is 9.09. The minimum atomic E-state index is -0.906. The summed E-state index contributed by atoms with van der Waals surface area (Å²) in [5.41, 5.74) is 10.2. The number of amides is 2. The fourth-order valence-corrected chi connectivity index (χ4v) is 6.49. The van der Waals surface area contributed by atoms with Gasteiger partial charge in [-0.3, -0.25) is 24.2 Å². The van der Waals surface area contributed by atoms with Crippen molar-refractivity contribution in [2.75, 3.05) is 0 Å². The van der Waals surface area contributed by atoms with Crippen LogP contribution < -0.4 is 10.6 Å². The van der Waals surface area contributed by atoms with Gasteiger partial charge in [-0.2, -0.15) is 0 Å². The average molecular weight is 591 g/mol. The topological polar surface area (TPSA) is 161 Å². The fourth-order valence-electron chi connectivity index (χ4n) is 6.49. The van der Waals surface area contributed by atoms with E-state index in [0.717, 1.165) is 68.1 Å². The highest BCUT2D eigenvalue weighted by atomic mass is 16.4. The quantitative estimate of drug-likeness (QED) is 0.224. The number of carboxylic acid groups (broad SMARTS) is 2. The molecule has 2 amide bonds. The number of nitrogens with zero attached hydrogens (tertiary/aromatic N) is 1. The lowest BCUT2D eigenvalue weighted by Crippen LogP contribution is -2.31. The number of aromatic amines is 1. The highest BCUT2D eigenvalue weighted by molar-refractivity contribution is 6.07. The summed E-state index contributed by atoms with van der Waals surface area (Å²) in [6, 6.07) is -0.314. The van der Waals surface area contributed by atoms with Crippen LogP contribution in [0.1, 0.15) is 95.7 Å². The van der Waals surface area contributed by atoms with Crippen molar-refractivity contribution in [1.29, 1.82) is 0 Å². The van der Waals surface area contributed by atoms with Gasteiger partial charge in [-0.1, -0.05) is 13.8 Å². The van der Waals surface area contributed by atoms with Gasteiger partial charge in [0, 0.05) is 53.9 Å². The Balaban J connectivity index is 1.74. The minimum absolute atomic E-state index is 0.0459. The summed E-state index contributed by atoms with van der Waals surface area (Å²) in [7, 11) is 0. The molecule has 10 heteroatoms. The second kappa shape index (κ2) is 13.0. The summed E-state index contributed by atoms with van der Waals surface area (Å²) in [5, 5.41) is 25.0. The molecule has 43 heavy (non-hydrogen) atoms. The molecular weight excluding hydrogens is 548 g/mol. The number of hydrogen-bond acceptors (Lipinski definition) is 5. The Morgan fingerprint density at radius 2 is 1.49 bits per heavy atom. The summed E-state index contributed by atoms with van der Waals surface area (Å²) >= 11 is 0. The van der Waals surface area contributed by atoms with Crippen LogP contribution in [0, 0.1) is 6.92 Å². The number of aliphatic carboxylic acids is 2. The van der Waals surface area contributed by atoms with E-state index in [4.69, 9.17) is 4.99 Å². The lowest BCUT2D eigenvalue weighted by atomic mass is 9.95. The van der Waals surface area contributed by atoms with E-state index in [2.05, 4.69) is 15.6 Å². The van der Waals surface area contributed by atoms with E-state index in [1.165, 1.54) is 0 Å². The molecule has 4 rings (SSSR count). The number of allylic oxidation sites excluding steroid dienone is 2. The van der Waals surface area contributed by atoms with E-state index in [-0.39, 0.29) is 36.7 Å². The van der Waals surface area contributed by atoms with Gasteiger partial charge in [-0.25, -0.2) is 0 Å². The summed E-state index contributed by atoms with van der Waals surface area (Å²) in [5.74, 6) is -1.93. The van der Waals surface area contributed by atoms with Crippen LogP contribution in [0.3, 0.4) is 0 Å². The van der Waals surface area contributed by atoms with Crippen LogP contribution in [0.2, 0.25) is 0 Å². The van der Waals surface area contributed by atoms with Crippen molar-refractivity contribution in [3.63, 3.8) is 0 Å². The molecule has 230 valence electrons. The van der Waals surface area contributed by atoms with E-state index in [9.17, 15) is 29.4 Å². The van der Waals surface area contributed by atoms with Gasteiger partial charge < -0.3 is 25.8 Å². The molecule has 0 spiro atoms. The third kappa shape index (κ3) is 6.58. The normalized spacial score (nSPS) is 21.3. The van der Waals surface area contributed by atoms with Gasteiger partial charge in [0.1, 0.15) is 0 Å². The Labute approximate surface area is 252 Å². The molecule has 0 bridgehead atoms. The molecule has 10 nitrogen and oxygen atoms in total. The minimum Gasteiger partial charge on any atom is -0.481 e. The van der Waals surface area contributed by atoms with Crippen molar-refractivity contribution < 1.29 is 29.4 Å². The Morgan fingerprint density at radius 3 is 2.09 bits per heavy atom. The molecule has 0 aliphatic carbocycles. The molecular formula is C33H42N4O6. The first-order chi connectivity index (χ1) is 20.4. The van der Waals surface area contributed by atoms with Crippen molar-refractivity contribution in [2.45, 2.75) is 105 Å². The first kappa shape index (κ1) is 31.7. The molecule has 3 aliphatic rings. The van der Waals surface area contributed by atoms with Crippen LogP contribution in [0.5, 0.6) is 0 Å². The Kier molecular flexibility index (Phi) is 9.57. The van der Waals surface area contributed by atoms with Gasteiger partial charge in [0.15, 0.2) is 0 Å². The third-order valence-corrected chi connectivity index (χ3v) is 9.09. The predicted octanol–water partition coefficient (Wildman–Crippen LogP) is 4.70. The van der Waals surface area contributed by atoms with Crippen LogP contribution >= 0.6 is 0 Å². The van der Waals surface area contributed by atoms with Crippen molar-refractivity contribution in [1.82, 2.24) is 15.6 Å². The molecule has 0 fully saturated rings. The maximum atomic E-state index is 12.4. The molecule has 4 heterocycles. The van der Waals surface area contributed by atoms with Gasteiger partial charge in [0.25, 0.3) is 0 Å². The van der Waals surface area contributed by atoms with Crippen LogP contribution in [-0.2, 0) is 32.0 Å². The monoisotopic (exact) mass is 590 g/mol.